The highest BCUT2D eigenvalue weighted by molar-refractivity contribution is 7.80. The number of rotatable bonds is 1. The summed E-state index contributed by atoms with van der Waals surface area (Å²) in [7, 11) is 0. The summed E-state index contributed by atoms with van der Waals surface area (Å²) in [6, 6.07) is 0. The maximum atomic E-state index is 13.4. The Bertz CT molecular complexity index is 136. The van der Waals surface area contributed by atoms with E-state index in [1.54, 1.807) is 6.92 Å². The molecule has 0 spiro atoms. The lowest BCUT2D eigenvalue weighted by molar-refractivity contribution is 0.111. The molecule has 1 heterocycles. The molecule has 11 heavy (non-hydrogen) atoms. The lowest BCUT2D eigenvalue weighted by atomic mass is 9.87. The molecule has 1 fully saturated rings. The molecule has 1 unspecified atom stereocenters. The molecule has 0 aromatic carbocycles. The number of piperidine rings is 1. The van der Waals surface area contributed by atoms with Crippen molar-refractivity contribution in [3.05, 3.63) is 0 Å². The van der Waals surface area contributed by atoms with Crippen molar-refractivity contribution in [1.82, 2.24) is 5.32 Å². The summed E-state index contributed by atoms with van der Waals surface area (Å²) in [6.45, 7) is 5.08. The van der Waals surface area contributed by atoms with Gasteiger partial charge in [-0.3, -0.25) is 0 Å². The van der Waals surface area contributed by atoms with Crippen LogP contribution in [0.15, 0.2) is 0 Å². The molecule has 0 amide bonds. The summed E-state index contributed by atoms with van der Waals surface area (Å²) in [5.74, 6) is 0.377. The van der Waals surface area contributed by atoms with E-state index < -0.39 is 5.67 Å². The Balaban J connectivity index is 2.46. The van der Waals surface area contributed by atoms with Crippen molar-refractivity contribution < 1.29 is 4.39 Å². The van der Waals surface area contributed by atoms with Crippen LogP contribution in [0.1, 0.15) is 20.3 Å². The minimum absolute atomic E-state index is 0.290. The van der Waals surface area contributed by atoms with Gasteiger partial charge in [0, 0.05) is 11.8 Å². The Morgan fingerprint density at radius 2 is 2.36 bits per heavy atom. The van der Waals surface area contributed by atoms with Crippen molar-refractivity contribution in [2.75, 3.05) is 13.1 Å². The third-order valence-corrected chi connectivity index (χ3v) is 2.69. The summed E-state index contributed by atoms with van der Waals surface area (Å²) < 4.78 is 13.4. The topological polar surface area (TPSA) is 12.0 Å². The highest BCUT2D eigenvalue weighted by atomic mass is 32.1. The molecule has 0 saturated carbocycles. The summed E-state index contributed by atoms with van der Waals surface area (Å²) in [4.78, 5) is 0. The van der Waals surface area contributed by atoms with Crippen LogP contribution in [0, 0.1) is 5.92 Å². The second kappa shape index (κ2) is 3.31. The van der Waals surface area contributed by atoms with Crippen molar-refractivity contribution in [3.63, 3.8) is 0 Å². The van der Waals surface area contributed by atoms with E-state index in [-0.39, 0.29) is 5.25 Å². The van der Waals surface area contributed by atoms with Crippen molar-refractivity contribution in [3.8, 4) is 0 Å². The van der Waals surface area contributed by atoms with Gasteiger partial charge in [0.05, 0.1) is 0 Å². The molecule has 3 heteroatoms. The Hall–Kier alpha value is 0.240. The highest BCUT2D eigenvalue weighted by Crippen LogP contribution is 2.27. The van der Waals surface area contributed by atoms with Gasteiger partial charge in [0.1, 0.15) is 5.67 Å². The first-order chi connectivity index (χ1) is 5.01. The number of hydrogen-bond acceptors (Lipinski definition) is 2. The van der Waals surface area contributed by atoms with Crippen LogP contribution in [0.5, 0.6) is 0 Å². The quantitative estimate of drug-likeness (QED) is 0.580. The minimum Gasteiger partial charge on any atom is -0.313 e. The molecule has 0 aliphatic carbocycles. The second-order valence-corrected chi connectivity index (χ2v) is 4.56. The highest BCUT2D eigenvalue weighted by Gasteiger charge is 2.33. The predicted octanol–water partition coefficient (Wildman–Crippen LogP) is 1.64. The molecule has 66 valence electrons. The zero-order valence-corrected chi connectivity index (χ0v) is 8.00. The average Bonchev–Trinajstić information content (AvgIpc) is 1.85. The standard InChI is InChI=1S/C8H16FNS/c1-6(11)7-3-8(2,9)5-10-4-7/h6-7,10-11H,3-5H2,1-2H3/t6?,7-,8-/m0/s1. The summed E-state index contributed by atoms with van der Waals surface area (Å²) in [5.41, 5.74) is -1.03. The SMILES string of the molecule is CC(S)[C@@H]1CNC[C@@](C)(F)C1. The van der Waals surface area contributed by atoms with E-state index in [9.17, 15) is 4.39 Å². The van der Waals surface area contributed by atoms with Gasteiger partial charge in [0.15, 0.2) is 0 Å². The lowest BCUT2D eigenvalue weighted by Crippen LogP contribution is -2.46. The Labute approximate surface area is 73.2 Å². The van der Waals surface area contributed by atoms with E-state index in [1.807, 2.05) is 6.92 Å². The van der Waals surface area contributed by atoms with Gasteiger partial charge in [-0.05, 0) is 25.8 Å². The number of thiol groups is 1. The molecular weight excluding hydrogens is 161 g/mol. The van der Waals surface area contributed by atoms with E-state index in [0.717, 1.165) is 6.54 Å². The van der Waals surface area contributed by atoms with E-state index in [1.165, 1.54) is 0 Å². The van der Waals surface area contributed by atoms with Crippen LogP contribution in [0.3, 0.4) is 0 Å². The first-order valence-corrected chi connectivity index (χ1v) is 4.60. The van der Waals surface area contributed by atoms with E-state index in [2.05, 4.69) is 17.9 Å². The van der Waals surface area contributed by atoms with E-state index >= 15 is 0 Å². The second-order valence-electron chi connectivity index (χ2n) is 3.75. The summed E-state index contributed by atoms with van der Waals surface area (Å²) in [6.07, 6.45) is 0.644. The van der Waals surface area contributed by atoms with Crippen molar-refractivity contribution in [1.29, 1.82) is 0 Å². The van der Waals surface area contributed by atoms with Gasteiger partial charge in [0.25, 0.3) is 0 Å². The van der Waals surface area contributed by atoms with Crippen molar-refractivity contribution in [2.45, 2.75) is 31.2 Å². The predicted molar refractivity (Wildman–Crippen MR) is 48.9 cm³/mol. The molecule has 1 nitrogen and oxygen atoms in total. The minimum atomic E-state index is -1.03. The Morgan fingerprint density at radius 3 is 2.73 bits per heavy atom. The fourth-order valence-corrected chi connectivity index (χ4v) is 1.76. The maximum Gasteiger partial charge on any atom is 0.121 e. The van der Waals surface area contributed by atoms with Gasteiger partial charge in [-0.2, -0.15) is 12.6 Å². The molecule has 1 saturated heterocycles. The monoisotopic (exact) mass is 177 g/mol. The van der Waals surface area contributed by atoms with Gasteiger partial charge in [0.2, 0.25) is 0 Å². The van der Waals surface area contributed by atoms with Crippen LogP contribution >= 0.6 is 12.6 Å². The molecular formula is C8H16FNS. The van der Waals surface area contributed by atoms with Crippen molar-refractivity contribution >= 4 is 12.6 Å². The van der Waals surface area contributed by atoms with E-state index in [4.69, 9.17) is 0 Å². The molecule has 3 atom stereocenters. The Kier molecular flexibility index (Phi) is 2.81. The Morgan fingerprint density at radius 1 is 1.73 bits per heavy atom. The molecule has 0 radical (unpaired) electrons. The third-order valence-electron chi connectivity index (χ3n) is 2.27. The normalized spacial score (nSPS) is 42.0. The number of nitrogens with one attached hydrogen (secondary N) is 1. The first kappa shape index (κ1) is 9.33. The fourth-order valence-electron chi connectivity index (χ4n) is 1.55. The van der Waals surface area contributed by atoms with Crippen LogP contribution in [-0.4, -0.2) is 24.0 Å². The number of halogens is 1. The molecule has 0 bridgehead atoms. The molecule has 1 rings (SSSR count). The average molecular weight is 177 g/mol. The molecule has 0 aromatic rings. The zero-order valence-electron chi connectivity index (χ0n) is 7.10. The van der Waals surface area contributed by atoms with Crippen LogP contribution in [0.4, 0.5) is 4.39 Å². The van der Waals surface area contributed by atoms with Gasteiger partial charge < -0.3 is 5.32 Å². The zero-order chi connectivity index (χ0) is 8.48. The van der Waals surface area contributed by atoms with Crippen LogP contribution in [0.25, 0.3) is 0 Å². The smallest absolute Gasteiger partial charge is 0.121 e. The van der Waals surface area contributed by atoms with Gasteiger partial charge >= 0.3 is 0 Å². The van der Waals surface area contributed by atoms with Gasteiger partial charge in [-0.15, -0.1) is 0 Å². The fraction of sp³-hybridized carbons (Fsp3) is 1.00. The molecule has 0 aromatic heterocycles. The van der Waals surface area contributed by atoms with Crippen LogP contribution < -0.4 is 5.32 Å². The molecule has 1 aliphatic heterocycles. The molecule has 1 aliphatic rings. The largest absolute Gasteiger partial charge is 0.313 e. The first-order valence-electron chi connectivity index (χ1n) is 4.09. The lowest BCUT2D eigenvalue weighted by Gasteiger charge is -2.34. The van der Waals surface area contributed by atoms with Gasteiger partial charge in [-0.1, -0.05) is 6.92 Å². The molecule has 1 N–H and O–H groups in total. The van der Waals surface area contributed by atoms with E-state index in [0.29, 0.717) is 18.9 Å². The van der Waals surface area contributed by atoms with Crippen LogP contribution in [-0.2, 0) is 0 Å². The van der Waals surface area contributed by atoms with Crippen molar-refractivity contribution in [2.24, 2.45) is 5.92 Å². The van der Waals surface area contributed by atoms with Gasteiger partial charge in [-0.25, -0.2) is 4.39 Å². The summed E-state index contributed by atoms with van der Waals surface area (Å²) >= 11 is 4.31. The van der Waals surface area contributed by atoms with Crippen LogP contribution in [0.2, 0.25) is 0 Å². The third kappa shape index (κ3) is 2.64. The maximum absolute atomic E-state index is 13.4. The number of alkyl halides is 1. The summed E-state index contributed by atoms with van der Waals surface area (Å²) in [5, 5.41) is 3.37. The number of hydrogen-bond donors (Lipinski definition) is 2.